The molecule has 0 bridgehead atoms. The van der Waals surface area contributed by atoms with E-state index in [4.69, 9.17) is 16.3 Å². The number of aliphatic hydroxyl groups is 1. The van der Waals surface area contributed by atoms with Crippen molar-refractivity contribution in [3.05, 3.63) is 99.1 Å². The number of hydrogen-bond donors (Lipinski definition) is 1. The number of hydrogen-bond acceptors (Lipinski definition) is 4. The third-order valence-corrected chi connectivity index (χ3v) is 6.28. The number of halogens is 1. The minimum Gasteiger partial charge on any atom is -0.507 e. The number of benzene rings is 3. The number of carbonyl (C=O) groups excluding carboxylic acids is 2. The first-order valence-electron chi connectivity index (χ1n) is 10.5. The van der Waals surface area contributed by atoms with Crippen molar-refractivity contribution in [3.63, 3.8) is 0 Å². The van der Waals surface area contributed by atoms with Crippen LogP contribution in [0.2, 0.25) is 5.02 Å². The van der Waals surface area contributed by atoms with Crippen molar-refractivity contribution in [2.24, 2.45) is 0 Å². The molecule has 168 valence electrons. The number of aliphatic hydroxyl groups excluding tert-OH is 1. The Bertz CT molecular complexity index is 1310. The maximum atomic E-state index is 13.3. The van der Waals surface area contributed by atoms with Crippen LogP contribution in [0.4, 0.5) is 5.69 Å². The van der Waals surface area contributed by atoms with E-state index in [0.29, 0.717) is 22.0 Å². The van der Waals surface area contributed by atoms with Crippen LogP contribution in [0.25, 0.3) is 5.76 Å². The molecule has 1 fully saturated rings. The average Bonchev–Trinajstić information content (AvgIpc) is 3.05. The number of aryl methyl sites for hydroxylation is 3. The molecule has 1 aliphatic heterocycles. The minimum absolute atomic E-state index is 0.0509. The molecule has 3 aromatic rings. The lowest BCUT2D eigenvalue weighted by molar-refractivity contribution is -0.132. The highest BCUT2D eigenvalue weighted by molar-refractivity contribution is 6.52. The summed E-state index contributed by atoms with van der Waals surface area (Å²) in [5.41, 5.74) is 4.40. The normalized spacial score (nSPS) is 17.5. The van der Waals surface area contributed by atoms with E-state index >= 15 is 0 Å². The topological polar surface area (TPSA) is 66.8 Å². The summed E-state index contributed by atoms with van der Waals surface area (Å²) >= 11 is 6.34. The molecular formula is C27H24ClNO4. The second kappa shape index (κ2) is 8.75. The number of rotatable bonds is 4. The SMILES string of the molecule is COc1ccc(N2C(=O)C(=O)/C(=C(/O)c3cc(C)ccc3C)C2c2ccccc2C)cc1Cl. The van der Waals surface area contributed by atoms with Crippen LogP contribution in [0.15, 0.2) is 66.2 Å². The Morgan fingerprint density at radius 3 is 2.36 bits per heavy atom. The van der Waals surface area contributed by atoms with Gasteiger partial charge < -0.3 is 9.84 Å². The quantitative estimate of drug-likeness (QED) is 0.298. The summed E-state index contributed by atoms with van der Waals surface area (Å²) in [6, 6.07) is 17.3. The molecule has 3 aromatic carbocycles. The zero-order chi connectivity index (χ0) is 23.9. The lowest BCUT2D eigenvalue weighted by Gasteiger charge is -2.27. The van der Waals surface area contributed by atoms with Crippen molar-refractivity contribution < 1.29 is 19.4 Å². The van der Waals surface area contributed by atoms with Crippen LogP contribution in [0, 0.1) is 20.8 Å². The predicted molar refractivity (Wildman–Crippen MR) is 130 cm³/mol. The maximum Gasteiger partial charge on any atom is 0.300 e. The van der Waals surface area contributed by atoms with Crippen LogP contribution in [0.5, 0.6) is 5.75 Å². The Hall–Kier alpha value is -3.57. The summed E-state index contributed by atoms with van der Waals surface area (Å²) in [7, 11) is 1.50. The average molecular weight is 462 g/mol. The number of ketones is 1. The highest BCUT2D eigenvalue weighted by atomic mass is 35.5. The van der Waals surface area contributed by atoms with Gasteiger partial charge in [-0.3, -0.25) is 14.5 Å². The number of anilines is 1. The molecule has 0 spiro atoms. The van der Waals surface area contributed by atoms with E-state index in [-0.39, 0.29) is 11.3 Å². The number of ether oxygens (including phenoxy) is 1. The first kappa shape index (κ1) is 22.6. The summed E-state index contributed by atoms with van der Waals surface area (Å²) in [6.45, 7) is 5.68. The molecule has 1 N–H and O–H groups in total. The van der Waals surface area contributed by atoms with Gasteiger partial charge in [-0.2, -0.15) is 0 Å². The molecule has 1 aliphatic rings. The Morgan fingerprint density at radius 2 is 1.70 bits per heavy atom. The van der Waals surface area contributed by atoms with Crippen LogP contribution in [0.3, 0.4) is 0 Å². The summed E-state index contributed by atoms with van der Waals surface area (Å²) in [5, 5.41) is 11.7. The van der Waals surface area contributed by atoms with Gasteiger partial charge in [-0.1, -0.05) is 53.6 Å². The molecule has 1 heterocycles. The van der Waals surface area contributed by atoms with E-state index in [1.54, 1.807) is 18.2 Å². The van der Waals surface area contributed by atoms with Crippen molar-refractivity contribution in [1.29, 1.82) is 0 Å². The number of methoxy groups -OCH3 is 1. The van der Waals surface area contributed by atoms with Crippen molar-refractivity contribution in [2.45, 2.75) is 26.8 Å². The van der Waals surface area contributed by atoms with E-state index < -0.39 is 17.7 Å². The zero-order valence-corrected chi connectivity index (χ0v) is 19.6. The van der Waals surface area contributed by atoms with Crippen molar-refractivity contribution in [1.82, 2.24) is 0 Å². The monoisotopic (exact) mass is 461 g/mol. The maximum absolute atomic E-state index is 13.3. The fourth-order valence-corrected chi connectivity index (χ4v) is 4.48. The predicted octanol–water partition coefficient (Wildman–Crippen LogP) is 5.90. The molecule has 5 nitrogen and oxygen atoms in total. The lowest BCUT2D eigenvalue weighted by atomic mass is 9.91. The number of nitrogens with zero attached hydrogens (tertiary/aromatic N) is 1. The Kier molecular flexibility index (Phi) is 6.00. The fraction of sp³-hybridized carbons (Fsp3) is 0.185. The zero-order valence-electron chi connectivity index (χ0n) is 18.8. The number of Topliss-reactive ketones (excluding diaryl/α,β-unsaturated/α-hetero) is 1. The second-order valence-corrected chi connectivity index (χ2v) is 8.57. The van der Waals surface area contributed by atoms with Crippen molar-refractivity contribution in [3.8, 4) is 5.75 Å². The summed E-state index contributed by atoms with van der Waals surface area (Å²) in [6.07, 6.45) is 0. The third kappa shape index (κ3) is 3.89. The van der Waals surface area contributed by atoms with Crippen molar-refractivity contribution >= 4 is 34.7 Å². The summed E-state index contributed by atoms with van der Waals surface area (Å²) < 4.78 is 5.23. The third-order valence-electron chi connectivity index (χ3n) is 5.99. The minimum atomic E-state index is -0.810. The largest absolute Gasteiger partial charge is 0.507 e. The molecule has 0 aromatic heterocycles. The van der Waals surface area contributed by atoms with E-state index in [9.17, 15) is 14.7 Å². The molecular weight excluding hydrogens is 438 g/mol. The van der Waals surface area contributed by atoms with Gasteiger partial charge in [0.25, 0.3) is 11.7 Å². The van der Waals surface area contributed by atoms with E-state index in [2.05, 4.69) is 0 Å². The summed E-state index contributed by atoms with van der Waals surface area (Å²) in [4.78, 5) is 28.1. The van der Waals surface area contributed by atoms with Crippen LogP contribution in [0.1, 0.15) is 33.9 Å². The van der Waals surface area contributed by atoms with Gasteiger partial charge in [0, 0.05) is 11.3 Å². The fourth-order valence-electron chi connectivity index (χ4n) is 4.23. The van der Waals surface area contributed by atoms with Gasteiger partial charge >= 0.3 is 0 Å². The molecule has 0 saturated carbocycles. The first-order chi connectivity index (χ1) is 15.7. The van der Waals surface area contributed by atoms with Gasteiger partial charge in [-0.25, -0.2) is 0 Å². The molecule has 33 heavy (non-hydrogen) atoms. The molecule has 0 radical (unpaired) electrons. The smallest absolute Gasteiger partial charge is 0.300 e. The standard InChI is InChI=1S/C27H24ClNO4/c1-15-9-10-17(3)20(13-15)25(30)23-24(19-8-6-5-7-16(19)2)29(27(32)26(23)31)18-11-12-22(33-4)21(28)14-18/h5-14,24,30H,1-4H3/b25-23+. The van der Waals surface area contributed by atoms with Gasteiger partial charge in [0.15, 0.2) is 0 Å². The Morgan fingerprint density at radius 1 is 0.970 bits per heavy atom. The summed E-state index contributed by atoms with van der Waals surface area (Å²) in [5.74, 6) is -1.20. The Labute approximate surface area is 197 Å². The number of amides is 1. The highest BCUT2D eigenvalue weighted by Gasteiger charge is 2.47. The van der Waals surface area contributed by atoms with Crippen LogP contribution >= 0.6 is 11.6 Å². The van der Waals surface area contributed by atoms with Crippen molar-refractivity contribution in [2.75, 3.05) is 12.0 Å². The van der Waals surface area contributed by atoms with Gasteiger partial charge in [-0.15, -0.1) is 0 Å². The highest BCUT2D eigenvalue weighted by Crippen LogP contribution is 2.44. The first-order valence-corrected chi connectivity index (χ1v) is 10.9. The van der Waals surface area contributed by atoms with E-state index in [1.807, 2.05) is 63.2 Å². The van der Waals surface area contributed by atoms with Gasteiger partial charge in [0.1, 0.15) is 11.5 Å². The molecule has 1 atom stereocenters. The second-order valence-electron chi connectivity index (χ2n) is 8.16. The van der Waals surface area contributed by atoms with Gasteiger partial charge in [0.05, 0.1) is 23.7 Å². The van der Waals surface area contributed by atoms with Crippen LogP contribution in [-0.2, 0) is 9.59 Å². The van der Waals surface area contributed by atoms with E-state index in [0.717, 1.165) is 22.3 Å². The molecule has 4 rings (SSSR count). The van der Waals surface area contributed by atoms with Gasteiger partial charge in [0.2, 0.25) is 0 Å². The van der Waals surface area contributed by atoms with Crippen LogP contribution in [-0.4, -0.2) is 23.9 Å². The van der Waals surface area contributed by atoms with E-state index in [1.165, 1.54) is 12.0 Å². The molecule has 1 amide bonds. The molecule has 0 aliphatic carbocycles. The lowest BCUT2D eigenvalue weighted by Crippen LogP contribution is -2.29. The van der Waals surface area contributed by atoms with Gasteiger partial charge in [-0.05, 0) is 61.7 Å². The Balaban J connectivity index is 2.00. The molecule has 1 saturated heterocycles. The molecule has 6 heteroatoms. The molecule has 1 unspecified atom stereocenters. The number of carbonyl (C=O) groups is 2. The van der Waals surface area contributed by atoms with Crippen LogP contribution < -0.4 is 9.64 Å².